The molecule has 0 atom stereocenters. The Morgan fingerprint density at radius 1 is 1.54 bits per heavy atom. The van der Waals surface area contributed by atoms with E-state index < -0.39 is 5.97 Å². The highest BCUT2D eigenvalue weighted by molar-refractivity contribution is 5.88. The topological polar surface area (TPSA) is 39.2 Å². The third kappa shape index (κ3) is 2.96. The number of pyridine rings is 1. The highest BCUT2D eigenvalue weighted by Gasteiger charge is 1.91. The summed E-state index contributed by atoms with van der Waals surface area (Å²) in [5, 5.41) is 0. The van der Waals surface area contributed by atoms with Gasteiger partial charge in [0.15, 0.2) is 0 Å². The number of aromatic nitrogens is 1. The van der Waals surface area contributed by atoms with Crippen LogP contribution in [0.2, 0.25) is 0 Å². The van der Waals surface area contributed by atoms with Crippen molar-refractivity contribution in [1.29, 1.82) is 0 Å². The van der Waals surface area contributed by atoms with Crippen LogP contribution in [-0.2, 0) is 9.53 Å². The minimum Gasteiger partial charge on any atom is -0.459 e. The SMILES string of the molecule is COC(=O)C#Cc1cncc(C)c1. The predicted molar refractivity (Wildman–Crippen MR) is 47.9 cm³/mol. The van der Waals surface area contributed by atoms with E-state index >= 15 is 0 Å². The second-order valence-corrected chi connectivity index (χ2v) is 2.49. The second kappa shape index (κ2) is 4.27. The monoisotopic (exact) mass is 175 g/mol. The van der Waals surface area contributed by atoms with Crippen molar-refractivity contribution in [1.82, 2.24) is 4.98 Å². The molecule has 0 unspecified atom stereocenters. The Labute approximate surface area is 76.8 Å². The number of methoxy groups -OCH3 is 1. The van der Waals surface area contributed by atoms with Gasteiger partial charge >= 0.3 is 5.97 Å². The molecule has 66 valence electrons. The maximum Gasteiger partial charge on any atom is 0.384 e. The Bertz CT molecular complexity index is 374. The van der Waals surface area contributed by atoms with Gasteiger partial charge in [-0.1, -0.05) is 5.92 Å². The Kier molecular flexibility index (Phi) is 3.04. The smallest absolute Gasteiger partial charge is 0.384 e. The highest BCUT2D eigenvalue weighted by atomic mass is 16.5. The molecular weight excluding hydrogens is 166 g/mol. The zero-order chi connectivity index (χ0) is 9.68. The van der Waals surface area contributed by atoms with Crippen molar-refractivity contribution in [3.05, 3.63) is 29.6 Å². The zero-order valence-electron chi connectivity index (χ0n) is 7.50. The van der Waals surface area contributed by atoms with Crippen molar-refractivity contribution in [2.45, 2.75) is 6.92 Å². The van der Waals surface area contributed by atoms with Crippen molar-refractivity contribution in [3.8, 4) is 11.8 Å². The van der Waals surface area contributed by atoms with E-state index in [1.807, 2.05) is 13.0 Å². The molecule has 0 bridgehead atoms. The summed E-state index contributed by atoms with van der Waals surface area (Å²) in [6.07, 6.45) is 3.33. The fraction of sp³-hybridized carbons (Fsp3) is 0.200. The minimum absolute atomic E-state index is 0.540. The first-order valence-corrected chi connectivity index (χ1v) is 3.74. The summed E-state index contributed by atoms with van der Waals surface area (Å²) in [5.41, 5.74) is 1.72. The quantitative estimate of drug-likeness (QED) is 0.434. The number of carbonyl (C=O) groups is 1. The molecule has 1 heterocycles. The van der Waals surface area contributed by atoms with Gasteiger partial charge in [-0.25, -0.2) is 4.79 Å². The summed E-state index contributed by atoms with van der Waals surface area (Å²) >= 11 is 0. The number of hydrogen-bond donors (Lipinski definition) is 0. The van der Waals surface area contributed by atoms with E-state index in [-0.39, 0.29) is 0 Å². The van der Waals surface area contributed by atoms with E-state index in [9.17, 15) is 4.79 Å². The molecule has 0 amide bonds. The normalized spacial score (nSPS) is 8.46. The first kappa shape index (κ1) is 9.27. The van der Waals surface area contributed by atoms with Crippen LogP contribution in [0.25, 0.3) is 0 Å². The van der Waals surface area contributed by atoms with Crippen LogP contribution in [0.5, 0.6) is 0 Å². The molecule has 13 heavy (non-hydrogen) atoms. The van der Waals surface area contributed by atoms with Gasteiger partial charge in [-0.2, -0.15) is 0 Å². The van der Waals surface area contributed by atoms with E-state index in [1.54, 1.807) is 12.4 Å². The number of rotatable bonds is 0. The molecule has 0 aliphatic rings. The van der Waals surface area contributed by atoms with Gasteiger partial charge in [-0.15, -0.1) is 0 Å². The van der Waals surface area contributed by atoms with Gasteiger partial charge in [0, 0.05) is 23.9 Å². The number of hydrogen-bond acceptors (Lipinski definition) is 3. The molecule has 0 N–H and O–H groups in total. The summed E-state index contributed by atoms with van der Waals surface area (Å²) in [4.78, 5) is 14.6. The lowest BCUT2D eigenvalue weighted by Crippen LogP contribution is -1.94. The number of carbonyl (C=O) groups excluding carboxylic acids is 1. The van der Waals surface area contributed by atoms with Crippen LogP contribution in [0.1, 0.15) is 11.1 Å². The molecule has 1 aromatic heterocycles. The number of nitrogens with zero attached hydrogens (tertiary/aromatic N) is 1. The Morgan fingerprint density at radius 2 is 2.31 bits per heavy atom. The van der Waals surface area contributed by atoms with Crippen LogP contribution in [0, 0.1) is 18.8 Å². The summed E-state index contributed by atoms with van der Waals surface area (Å²) in [6, 6.07) is 1.85. The van der Waals surface area contributed by atoms with Crippen LogP contribution in [0.3, 0.4) is 0 Å². The van der Waals surface area contributed by atoms with Gasteiger partial charge in [-0.3, -0.25) is 4.98 Å². The van der Waals surface area contributed by atoms with Crippen molar-refractivity contribution in [2.24, 2.45) is 0 Å². The molecule has 0 aliphatic heterocycles. The molecule has 3 nitrogen and oxygen atoms in total. The van der Waals surface area contributed by atoms with Crippen LogP contribution in [0.15, 0.2) is 18.5 Å². The highest BCUT2D eigenvalue weighted by Crippen LogP contribution is 1.98. The predicted octanol–water partition coefficient (Wildman–Crippen LogP) is 0.915. The fourth-order valence-electron chi connectivity index (χ4n) is 0.798. The second-order valence-electron chi connectivity index (χ2n) is 2.49. The zero-order valence-corrected chi connectivity index (χ0v) is 7.50. The first-order valence-electron chi connectivity index (χ1n) is 3.74. The van der Waals surface area contributed by atoms with Crippen molar-refractivity contribution in [3.63, 3.8) is 0 Å². The lowest BCUT2D eigenvalue weighted by Gasteiger charge is -1.91. The van der Waals surface area contributed by atoms with E-state index in [2.05, 4.69) is 21.6 Å². The molecule has 0 aromatic carbocycles. The van der Waals surface area contributed by atoms with Gasteiger partial charge in [0.1, 0.15) is 0 Å². The Morgan fingerprint density at radius 3 is 2.92 bits per heavy atom. The summed E-state index contributed by atoms with van der Waals surface area (Å²) in [5.74, 6) is 4.43. The molecule has 0 spiro atoms. The summed E-state index contributed by atoms with van der Waals surface area (Å²) < 4.78 is 4.37. The van der Waals surface area contributed by atoms with Crippen molar-refractivity contribution < 1.29 is 9.53 Å². The van der Waals surface area contributed by atoms with Gasteiger partial charge in [0.2, 0.25) is 0 Å². The summed E-state index contributed by atoms with van der Waals surface area (Å²) in [6.45, 7) is 1.91. The van der Waals surface area contributed by atoms with Crippen LogP contribution >= 0.6 is 0 Å². The van der Waals surface area contributed by atoms with Gasteiger partial charge in [0.25, 0.3) is 0 Å². The first-order chi connectivity index (χ1) is 6.22. The van der Waals surface area contributed by atoms with Crippen molar-refractivity contribution >= 4 is 5.97 Å². The number of ether oxygens (including phenoxy) is 1. The Balaban J connectivity index is 2.83. The molecular formula is C10H9NO2. The third-order valence-corrected chi connectivity index (χ3v) is 1.37. The standard InChI is InChI=1S/C10H9NO2/c1-8-5-9(7-11-6-8)3-4-10(12)13-2/h5-7H,1-2H3. The van der Waals surface area contributed by atoms with Crippen LogP contribution in [-0.4, -0.2) is 18.1 Å². The third-order valence-electron chi connectivity index (χ3n) is 1.37. The van der Waals surface area contributed by atoms with Gasteiger partial charge in [0.05, 0.1) is 7.11 Å². The molecule has 3 heteroatoms. The van der Waals surface area contributed by atoms with Crippen molar-refractivity contribution in [2.75, 3.05) is 7.11 Å². The minimum atomic E-state index is -0.540. The molecule has 1 rings (SSSR count). The lowest BCUT2D eigenvalue weighted by molar-refractivity contribution is -0.133. The number of aryl methyl sites for hydroxylation is 1. The lowest BCUT2D eigenvalue weighted by atomic mass is 10.2. The molecule has 0 aliphatic carbocycles. The van der Waals surface area contributed by atoms with Crippen LogP contribution in [0.4, 0.5) is 0 Å². The maximum absolute atomic E-state index is 10.7. The molecule has 1 aromatic rings. The van der Waals surface area contributed by atoms with E-state index in [4.69, 9.17) is 0 Å². The number of esters is 1. The van der Waals surface area contributed by atoms with E-state index in [1.165, 1.54) is 7.11 Å². The summed E-state index contributed by atoms with van der Waals surface area (Å²) in [7, 11) is 1.30. The maximum atomic E-state index is 10.7. The average molecular weight is 175 g/mol. The molecule has 0 saturated carbocycles. The van der Waals surface area contributed by atoms with E-state index in [0.717, 1.165) is 5.56 Å². The molecule has 0 saturated heterocycles. The fourth-order valence-corrected chi connectivity index (χ4v) is 0.798. The molecule has 0 fully saturated rings. The van der Waals surface area contributed by atoms with Gasteiger partial charge < -0.3 is 4.74 Å². The largest absolute Gasteiger partial charge is 0.459 e. The van der Waals surface area contributed by atoms with E-state index in [0.29, 0.717) is 5.56 Å². The average Bonchev–Trinajstić information content (AvgIpc) is 2.14. The molecule has 0 radical (unpaired) electrons. The van der Waals surface area contributed by atoms with Gasteiger partial charge in [-0.05, 0) is 18.6 Å². The van der Waals surface area contributed by atoms with Crippen LogP contribution < -0.4 is 0 Å². The Hall–Kier alpha value is -1.82.